The Morgan fingerprint density at radius 1 is 1.20 bits per heavy atom. The molecule has 2 N–H and O–H groups in total. The van der Waals surface area contributed by atoms with E-state index in [1.54, 1.807) is 18.3 Å². The van der Waals surface area contributed by atoms with Crippen molar-refractivity contribution in [3.63, 3.8) is 0 Å². The normalized spacial score (nSPS) is 11.3. The Morgan fingerprint density at radius 2 is 1.88 bits per heavy atom. The fraction of sp³-hybridized carbons (Fsp3) is 0.200. The molecule has 0 bridgehead atoms. The standard InChI is InChI=1S/C20H21N3O2/c1-4-23-13(2)9-17(14(23)3)12-21-22-20(25)18-10-15-7-5-6-8-16(15)11-19(18)24/h5-12,24H,4H2,1-3H3,(H,22,25). The second-order valence-electron chi connectivity index (χ2n) is 5.99. The molecule has 1 aromatic heterocycles. The summed E-state index contributed by atoms with van der Waals surface area (Å²) in [5.74, 6) is -0.501. The molecule has 3 rings (SSSR count). The minimum absolute atomic E-state index is 0.0597. The van der Waals surface area contributed by atoms with Gasteiger partial charge in [0.2, 0.25) is 0 Å². The van der Waals surface area contributed by atoms with E-state index in [2.05, 4.69) is 22.0 Å². The van der Waals surface area contributed by atoms with E-state index in [0.29, 0.717) is 0 Å². The SMILES string of the molecule is CCn1c(C)cc(C=NNC(=O)c2cc3ccccc3cc2O)c1C. The number of hydrogen-bond acceptors (Lipinski definition) is 3. The van der Waals surface area contributed by atoms with Gasteiger partial charge in [0, 0.05) is 23.5 Å². The van der Waals surface area contributed by atoms with Gasteiger partial charge in [0.1, 0.15) is 5.75 Å². The maximum atomic E-state index is 12.3. The average Bonchev–Trinajstić information content (AvgIpc) is 2.87. The quantitative estimate of drug-likeness (QED) is 0.563. The summed E-state index contributed by atoms with van der Waals surface area (Å²) < 4.78 is 2.18. The van der Waals surface area contributed by atoms with Crippen LogP contribution < -0.4 is 5.43 Å². The zero-order chi connectivity index (χ0) is 18.0. The second-order valence-corrected chi connectivity index (χ2v) is 5.99. The molecule has 0 saturated heterocycles. The Bertz CT molecular complexity index is 970. The van der Waals surface area contributed by atoms with E-state index in [9.17, 15) is 9.90 Å². The Morgan fingerprint density at radius 3 is 2.52 bits per heavy atom. The van der Waals surface area contributed by atoms with Crippen molar-refractivity contribution in [2.45, 2.75) is 27.3 Å². The highest BCUT2D eigenvalue weighted by molar-refractivity contribution is 6.01. The number of aromatic nitrogens is 1. The van der Waals surface area contributed by atoms with Crippen molar-refractivity contribution in [2.24, 2.45) is 5.10 Å². The molecule has 0 aliphatic carbocycles. The highest BCUT2D eigenvalue weighted by Crippen LogP contribution is 2.24. The van der Waals surface area contributed by atoms with Gasteiger partial charge in [-0.05, 0) is 49.7 Å². The summed E-state index contributed by atoms with van der Waals surface area (Å²) in [5.41, 5.74) is 5.91. The lowest BCUT2D eigenvalue weighted by Gasteiger charge is -2.06. The van der Waals surface area contributed by atoms with E-state index < -0.39 is 5.91 Å². The molecule has 3 aromatic rings. The molecule has 25 heavy (non-hydrogen) atoms. The van der Waals surface area contributed by atoms with Crippen LogP contribution in [0.5, 0.6) is 5.75 Å². The van der Waals surface area contributed by atoms with Gasteiger partial charge >= 0.3 is 0 Å². The van der Waals surface area contributed by atoms with Crippen LogP contribution in [-0.2, 0) is 6.54 Å². The van der Waals surface area contributed by atoms with Crippen molar-refractivity contribution < 1.29 is 9.90 Å². The first-order chi connectivity index (χ1) is 12.0. The summed E-state index contributed by atoms with van der Waals surface area (Å²) in [6.45, 7) is 7.04. The van der Waals surface area contributed by atoms with Gasteiger partial charge in [-0.1, -0.05) is 24.3 Å². The topological polar surface area (TPSA) is 66.6 Å². The van der Waals surface area contributed by atoms with Crippen molar-refractivity contribution in [3.05, 3.63) is 65.0 Å². The van der Waals surface area contributed by atoms with E-state index >= 15 is 0 Å². The predicted octanol–water partition coefficient (Wildman–Crippen LogP) is 3.75. The third-order valence-corrected chi connectivity index (χ3v) is 4.41. The van der Waals surface area contributed by atoms with Crippen LogP contribution in [0.15, 0.2) is 47.6 Å². The highest BCUT2D eigenvalue weighted by atomic mass is 16.3. The molecule has 0 unspecified atom stereocenters. The Hall–Kier alpha value is -3.08. The van der Waals surface area contributed by atoms with E-state index in [1.165, 1.54) is 0 Å². The summed E-state index contributed by atoms with van der Waals surface area (Å²) in [7, 11) is 0. The van der Waals surface area contributed by atoms with Crippen LogP contribution in [0.1, 0.15) is 34.2 Å². The summed E-state index contributed by atoms with van der Waals surface area (Å²) in [6.07, 6.45) is 1.63. The molecule has 0 spiro atoms. The minimum Gasteiger partial charge on any atom is -0.507 e. The number of carbonyl (C=O) groups is 1. The number of aryl methyl sites for hydroxylation is 1. The van der Waals surface area contributed by atoms with Crippen LogP contribution in [-0.4, -0.2) is 21.8 Å². The molecule has 5 nitrogen and oxygen atoms in total. The molecule has 0 saturated carbocycles. The number of amides is 1. The van der Waals surface area contributed by atoms with Gasteiger partial charge in [-0.3, -0.25) is 4.79 Å². The van der Waals surface area contributed by atoms with Crippen molar-refractivity contribution in [2.75, 3.05) is 0 Å². The Balaban J connectivity index is 1.80. The minimum atomic E-state index is -0.441. The number of rotatable bonds is 4. The third-order valence-electron chi connectivity index (χ3n) is 4.41. The number of benzene rings is 2. The smallest absolute Gasteiger partial charge is 0.275 e. The lowest BCUT2D eigenvalue weighted by atomic mass is 10.1. The Labute approximate surface area is 146 Å². The molecule has 0 aliphatic rings. The molecular weight excluding hydrogens is 314 g/mol. The summed E-state index contributed by atoms with van der Waals surface area (Å²) in [5, 5.41) is 15.9. The molecule has 0 fully saturated rings. The first-order valence-corrected chi connectivity index (χ1v) is 8.23. The maximum Gasteiger partial charge on any atom is 0.275 e. The number of carbonyl (C=O) groups excluding carboxylic acids is 1. The molecule has 0 radical (unpaired) electrons. The second kappa shape index (κ2) is 6.81. The van der Waals surface area contributed by atoms with E-state index in [0.717, 1.165) is 34.3 Å². The van der Waals surface area contributed by atoms with Crippen molar-refractivity contribution in [1.82, 2.24) is 9.99 Å². The van der Waals surface area contributed by atoms with Crippen LogP contribution in [0.3, 0.4) is 0 Å². The number of nitrogens with one attached hydrogen (secondary N) is 1. The number of hydrogen-bond donors (Lipinski definition) is 2. The molecule has 1 heterocycles. The van der Waals surface area contributed by atoms with Crippen LogP contribution >= 0.6 is 0 Å². The van der Waals surface area contributed by atoms with Gasteiger partial charge in [0.15, 0.2) is 0 Å². The number of phenolic OH excluding ortho intramolecular Hbond substituents is 1. The first kappa shape index (κ1) is 16.8. The van der Waals surface area contributed by atoms with Crippen molar-refractivity contribution in [1.29, 1.82) is 0 Å². The number of fused-ring (bicyclic) bond motifs is 1. The average molecular weight is 335 g/mol. The monoisotopic (exact) mass is 335 g/mol. The molecule has 128 valence electrons. The first-order valence-electron chi connectivity index (χ1n) is 8.23. The molecule has 0 atom stereocenters. The van der Waals surface area contributed by atoms with Gasteiger partial charge in [-0.25, -0.2) is 5.43 Å². The van der Waals surface area contributed by atoms with Crippen LogP contribution in [0.4, 0.5) is 0 Å². The van der Waals surface area contributed by atoms with Crippen LogP contribution in [0, 0.1) is 13.8 Å². The lowest BCUT2D eigenvalue weighted by Crippen LogP contribution is -2.17. The van der Waals surface area contributed by atoms with Gasteiger partial charge in [-0.15, -0.1) is 0 Å². The van der Waals surface area contributed by atoms with E-state index in [4.69, 9.17) is 0 Å². The maximum absolute atomic E-state index is 12.3. The van der Waals surface area contributed by atoms with Gasteiger partial charge in [-0.2, -0.15) is 5.10 Å². The zero-order valence-corrected chi connectivity index (χ0v) is 14.6. The van der Waals surface area contributed by atoms with Gasteiger partial charge in [0.25, 0.3) is 5.91 Å². The predicted molar refractivity (Wildman–Crippen MR) is 100 cm³/mol. The zero-order valence-electron chi connectivity index (χ0n) is 14.6. The summed E-state index contributed by atoms with van der Waals surface area (Å²) in [4.78, 5) is 12.3. The summed E-state index contributed by atoms with van der Waals surface area (Å²) >= 11 is 0. The van der Waals surface area contributed by atoms with Gasteiger partial charge in [0.05, 0.1) is 11.8 Å². The van der Waals surface area contributed by atoms with Crippen molar-refractivity contribution >= 4 is 22.9 Å². The van der Waals surface area contributed by atoms with Gasteiger partial charge < -0.3 is 9.67 Å². The Kier molecular flexibility index (Phi) is 4.57. The fourth-order valence-corrected chi connectivity index (χ4v) is 3.08. The molecule has 2 aromatic carbocycles. The number of nitrogens with zero attached hydrogens (tertiary/aromatic N) is 2. The molecule has 0 aliphatic heterocycles. The third kappa shape index (κ3) is 3.26. The molecular formula is C20H21N3O2. The van der Waals surface area contributed by atoms with E-state index in [1.807, 2.05) is 44.2 Å². The van der Waals surface area contributed by atoms with Crippen molar-refractivity contribution in [3.8, 4) is 5.75 Å². The van der Waals surface area contributed by atoms with Crippen LogP contribution in [0.2, 0.25) is 0 Å². The summed E-state index contributed by atoms with van der Waals surface area (Å²) in [6, 6.07) is 12.8. The molecule has 5 heteroatoms. The molecule has 1 amide bonds. The number of aromatic hydroxyl groups is 1. The number of phenols is 1. The fourth-order valence-electron chi connectivity index (χ4n) is 3.08. The lowest BCUT2D eigenvalue weighted by molar-refractivity contribution is 0.0952. The van der Waals surface area contributed by atoms with E-state index in [-0.39, 0.29) is 11.3 Å². The largest absolute Gasteiger partial charge is 0.507 e. The number of hydrazone groups is 1. The van der Waals surface area contributed by atoms with Crippen LogP contribution in [0.25, 0.3) is 10.8 Å². The highest BCUT2D eigenvalue weighted by Gasteiger charge is 2.12.